The lowest BCUT2D eigenvalue weighted by Gasteiger charge is -2.11. The fourth-order valence-electron chi connectivity index (χ4n) is 1.61. The fourth-order valence-corrected chi connectivity index (χ4v) is 1.61. The van der Waals surface area contributed by atoms with Crippen molar-refractivity contribution in [3.8, 4) is 0 Å². The Morgan fingerprint density at radius 3 is 2.83 bits per heavy atom. The van der Waals surface area contributed by atoms with E-state index in [4.69, 9.17) is 4.74 Å². The summed E-state index contributed by atoms with van der Waals surface area (Å²) in [6.07, 6.45) is 1.71. The molecule has 5 heteroatoms. The predicted molar refractivity (Wildman–Crippen MR) is 72.0 cm³/mol. The van der Waals surface area contributed by atoms with E-state index in [0.29, 0.717) is 12.6 Å². The molecule has 0 unspecified atom stereocenters. The molecule has 2 rings (SSSR count). The van der Waals surface area contributed by atoms with Crippen LogP contribution in [0.25, 0.3) is 0 Å². The van der Waals surface area contributed by atoms with E-state index in [9.17, 15) is 0 Å². The highest BCUT2D eigenvalue weighted by molar-refractivity contribution is 5.60. The Hall–Kier alpha value is -2.14. The van der Waals surface area contributed by atoms with Crippen molar-refractivity contribution in [3.63, 3.8) is 0 Å². The summed E-state index contributed by atoms with van der Waals surface area (Å²) in [5.41, 5.74) is 2.07. The van der Waals surface area contributed by atoms with Gasteiger partial charge in [-0.05, 0) is 12.1 Å². The summed E-state index contributed by atoms with van der Waals surface area (Å²) in [7, 11) is 3.47. The van der Waals surface area contributed by atoms with Crippen LogP contribution in [0.5, 0.6) is 0 Å². The molecular formula is C13H16N4O. The third-order valence-corrected chi connectivity index (χ3v) is 2.46. The first kappa shape index (κ1) is 12.3. The van der Waals surface area contributed by atoms with Gasteiger partial charge in [0.15, 0.2) is 0 Å². The molecule has 1 heterocycles. The van der Waals surface area contributed by atoms with Crippen LogP contribution in [0.2, 0.25) is 0 Å². The lowest BCUT2D eigenvalue weighted by molar-refractivity contribution is 0.185. The van der Waals surface area contributed by atoms with Gasteiger partial charge in [0.25, 0.3) is 0 Å². The average molecular weight is 244 g/mol. The van der Waals surface area contributed by atoms with Crippen molar-refractivity contribution in [2.24, 2.45) is 0 Å². The molecule has 0 radical (unpaired) electrons. The number of rotatable bonds is 5. The summed E-state index contributed by atoms with van der Waals surface area (Å²) in [5.74, 6) is 1.34. The minimum atomic E-state index is 0.563. The van der Waals surface area contributed by atoms with E-state index in [-0.39, 0.29) is 0 Å². The van der Waals surface area contributed by atoms with Crippen LogP contribution in [-0.4, -0.2) is 24.1 Å². The van der Waals surface area contributed by atoms with Crippen molar-refractivity contribution in [2.45, 2.75) is 6.61 Å². The van der Waals surface area contributed by atoms with Crippen molar-refractivity contribution in [3.05, 3.63) is 42.1 Å². The zero-order valence-corrected chi connectivity index (χ0v) is 10.5. The topological polar surface area (TPSA) is 59.1 Å². The number of para-hydroxylation sites is 1. The molecule has 0 aliphatic carbocycles. The summed E-state index contributed by atoms with van der Waals surface area (Å²) < 4.78 is 5.17. The van der Waals surface area contributed by atoms with Crippen molar-refractivity contribution in [1.29, 1.82) is 0 Å². The Balaban J connectivity index is 2.22. The second-order valence-electron chi connectivity index (χ2n) is 3.73. The summed E-state index contributed by atoms with van der Waals surface area (Å²) >= 11 is 0. The lowest BCUT2D eigenvalue weighted by atomic mass is 10.2. The molecule has 0 bridgehead atoms. The van der Waals surface area contributed by atoms with E-state index < -0.39 is 0 Å². The Bertz CT molecular complexity index is 516. The Kier molecular flexibility index (Phi) is 4.09. The number of nitrogens with one attached hydrogen (secondary N) is 2. The summed E-state index contributed by atoms with van der Waals surface area (Å²) in [5, 5.41) is 6.17. The summed E-state index contributed by atoms with van der Waals surface area (Å²) in [6, 6.07) is 9.80. The van der Waals surface area contributed by atoms with Crippen LogP contribution in [0.1, 0.15) is 5.56 Å². The molecule has 5 nitrogen and oxygen atoms in total. The van der Waals surface area contributed by atoms with Crippen molar-refractivity contribution in [2.75, 3.05) is 24.8 Å². The average Bonchev–Trinajstić information content (AvgIpc) is 2.41. The SMILES string of the molecule is CNc1nccc(Nc2ccccc2COC)n1. The maximum Gasteiger partial charge on any atom is 0.224 e. The molecule has 0 aliphatic heterocycles. The number of hydrogen-bond donors (Lipinski definition) is 2. The minimum Gasteiger partial charge on any atom is -0.380 e. The first-order valence-corrected chi connectivity index (χ1v) is 5.68. The standard InChI is InChI=1S/C13H16N4O/c1-14-13-15-8-7-12(17-13)16-11-6-4-3-5-10(11)9-18-2/h3-8H,9H2,1-2H3,(H2,14,15,16,17). The normalized spacial score (nSPS) is 10.1. The molecule has 2 N–H and O–H groups in total. The number of methoxy groups -OCH3 is 1. The third kappa shape index (κ3) is 2.95. The van der Waals surface area contributed by atoms with Crippen LogP contribution in [0, 0.1) is 0 Å². The summed E-state index contributed by atoms with van der Waals surface area (Å²) in [6.45, 7) is 0.563. The molecule has 0 amide bonds. The van der Waals surface area contributed by atoms with Gasteiger partial charge in [-0.25, -0.2) is 4.98 Å². The van der Waals surface area contributed by atoms with Crippen LogP contribution in [0.3, 0.4) is 0 Å². The van der Waals surface area contributed by atoms with E-state index in [1.807, 2.05) is 30.3 Å². The van der Waals surface area contributed by atoms with Gasteiger partial charge in [0, 0.05) is 31.6 Å². The smallest absolute Gasteiger partial charge is 0.224 e. The van der Waals surface area contributed by atoms with Crippen LogP contribution >= 0.6 is 0 Å². The molecule has 18 heavy (non-hydrogen) atoms. The Morgan fingerprint density at radius 1 is 1.22 bits per heavy atom. The Morgan fingerprint density at radius 2 is 2.06 bits per heavy atom. The fraction of sp³-hybridized carbons (Fsp3) is 0.231. The van der Waals surface area contributed by atoms with Gasteiger partial charge in [-0.15, -0.1) is 0 Å². The molecule has 0 saturated carbocycles. The first-order chi connectivity index (χ1) is 8.83. The van der Waals surface area contributed by atoms with Gasteiger partial charge in [-0.1, -0.05) is 18.2 Å². The van der Waals surface area contributed by atoms with Crippen LogP contribution in [0.15, 0.2) is 36.5 Å². The predicted octanol–water partition coefficient (Wildman–Crippen LogP) is 2.41. The van der Waals surface area contributed by atoms with Gasteiger partial charge >= 0.3 is 0 Å². The van der Waals surface area contributed by atoms with Crippen molar-refractivity contribution < 1.29 is 4.74 Å². The Labute approximate surface area is 106 Å². The second-order valence-corrected chi connectivity index (χ2v) is 3.73. The largest absolute Gasteiger partial charge is 0.380 e. The molecule has 0 fully saturated rings. The highest BCUT2D eigenvalue weighted by Crippen LogP contribution is 2.20. The number of ether oxygens (including phenoxy) is 1. The molecule has 0 saturated heterocycles. The van der Waals surface area contributed by atoms with Gasteiger partial charge in [0.1, 0.15) is 5.82 Å². The highest BCUT2D eigenvalue weighted by atomic mass is 16.5. The van der Waals surface area contributed by atoms with Crippen molar-refractivity contribution in [1.82, 2.24) is 9.97 Å². The van der Waals surface area contributed by atoms with E-state index >= 15 is 0 Å². The first-order valence-electron chi connectivity index (χ1n) is 5.68. The van der Waals surface area contributed by atoms with Crippen LogP contribution in [-0.2, 0) is 11.3 Å². The van der Waals surface area contributed by atoms with E-state index in [0.717, 1.165) is 17.1 Å². The number of aromatic nitrogens is 2. The number of hydrogen-bond acceptors (Lipinski definition) is 5. The van der Waals surface area contributed by atoms with Crippen molar-refractivity contribution >= 4 is 17.5 Å². The van der Waals surface area contributed by atoms with Gasteiger partial charge in [0.05, 0.1) is 6.61 Å². The van der Waals surface area contributed by atoms with Crippen LogP contribution < -0.4 is 10.6 Å². The molecule has 0 atom stereocenters. The minimum absolute atomic E-state index is 0.563. The molecule has 2 aromatic rings. The zero-order valence-electron chi connectivity index (χ0n) is 10.5. The molecule has 1 aromatic heterocycles. The monoisotopic (exact) mass is 244 g/mol. The third-order valence-electron chi connectivity index (χ3n) is 2.46. The molecule has 0 spiro atoms. The molecule has 94 valence electrons. The van der Waals surface area contributed by atoms with Gasteiger partial charge < -0.3 is 15.4 Å². The quantitative estimate of drug-likeness (QED) is 0.845. The van der Waals surface area contributed by atoms with Gasteiger partial charge in [0.2, 0.25) is 5.95 Å². The van der Waals surface area contributed by atoms with E-state index in [1.54, 1.807) is 20.4 Å². The number of benzene rings is 1. The maximum atomic E-state index is 5.17. The van der Waals surface area contributed by atoms with E-state index in [2.05, 4.69) is 20.6 Å². The van der Waals surface area contributed by atoms with Crippen LogP contribution in [0.4, 0.5) is 17.5 Å². The molecule has 0 aliphatic rings. The zero-order chi connectivity index (χ0) is 12.8. The second kappa shape index (κ2) is 5.97. The maximum absolute atomic E-state index is 5.17. The van der Waals surface area contributed by atoms with E-state index in [1.165, 1.54) is 0 Å². The summed E-state index contributed by atoms with van der Waals surface area (Å²) in [4.78, 5) is 8.38. The highest BCUT2D eigenvalue weighted by Gasteiger charge is 2.03. The lowest BCUT2D eigenvalue weighted by Crippen LogP contribution is -2.02. The van der Waals surface area contributed by atoms with Gasteiger partial charge in [-0.2, -0.15) is 4.98 Å². The van der Waals surface area contributed by atoms with Gasteiger partial charge in [-0.3, -0.25) is 0 Å². The molecular weight excluding hydrogens is 228 g/mol. The number of anilines is 3. The number of nitrogens with zero attached hydrogens (tertiary/aromatic N) is 2. The molecule has 1 aromatic carbocycles.